The van der Waals surface area contributed by atoms with Crippen LogP contribution >= 0.6 is 0 Å². The van der Waals surface area contributed by atoms with Gasteiger partial charge in [-0.15, -0.1) is 0 Å². The Morgan fingerprint density at radius 1 is 1.04 bits per heavy atom. The molecule has 2 aromatic carbocycles. The Labute approximate surface area is 154 Å². The van der Waals surface area contributed by atoms with Crippen LogP contribution in [0.15, 0.2) is 36.4 Å². The summed E-state index contributed by atoms with van der Waals surface area (Å²) < 4.78 is 19.7. The van der Waals surface area contributed by atoms with E-state index in [0.29, 0.717) is 24.0 Å². The molecule has 2 aromatic rings. The highest BCUT2D eigenvalue weighted by molar-refractivity contribution is 5.73. The molecule has 0 radical (unpaired) electrons. The summed E-state index contributed by atoms with van der Waals surface area (Å²) in [5.74, 6) is -0.558. The summed E-state index contributed by atoms with van der Waals surface area (Å²) >= 11 is 0. The van der Waals surface area contributed by atoms with Gasteiger partial charge in [0.1, 0.15) is 11.4 Å². The average Bonchev–Trinajstić information content (AvgIpc) is 2.54. The number of benzene rings is 2. The van der Waals surface area contributed by atoms with Crippen LogP contribution in [0.2, 0.25) is 0 Å². The second-order valence-corrected chi connectivity index (χ2v) is 7.57. The minimum Gasteiger partial charge on any atom is -0.460 e. The molecular formula is C22H27FO3. The molecule has 4 heteroatoms. The first-order valence-corrected chi connectivity index (χ1v) is 8.87. The van der Waals surface area contributed by atoms with E-state index in [2.05, 4.69) is 0 Å². The number of halogens is 1. The number of aryl methyl sites for hydroxylation is 3. The van der Waals surface area contributed by atoms with Crippen molar-refractivity contribution in [3.05, 3.63) is 70.0 Å². The van der Waals surface area contributed by atoms with E-state index < -0.39 is 5.60 Å². The zero-order chi connectivity index (χ0) is 19.3. The molecule has 3 nitrogen and oxygen atoms in total. The van der Waals surface area contributed by atoms with Crippen LogP contribution in [0.4, 0.5) is 4.39 Å². The number of hydrogen-bond acceptors (Lipinski definition) is 3. The predicted octanol–water partition coefficient (Wildman–Crippen LogP) is 4.30. The van der Waals surface area contributed by atoms with E-state index in [9.17, 15) is 14.3 Å². The van der Waals surface area contributed by atoms with Crippen LogP contribution in [0.3, 0.4) is 0 Å². The summed E-state index contributed by atoms with van der Waals surface area (Å²) in [7, 11) is 0. The Morgan fingerprint density at radius 2 is 1.65 bits per heavy atom. The Morgan fingerprint density at radius 3 is 2.23 bits per heavy atom. The van der Waals surface area contributed by atoms with E-state index in [1.165, 1.54) is 0 Å². The summed E-state index contributed by atoms with van der Waals surface area (Å²) in [5, 5.41) is 9.30. The second kappa shape index (κ2) is 8.45. The van der Waals surface area contributed by atoms with Gasteiger partial charge in [-0.05, 0) is 62.8 Å². The molecule has 0 fully saturated rings. The van der Waals surface area contributed by atoms with Crippen LogP contribution in [0, 0.1) is 12.7 Å². The molecular weight excluding hydrogens is 331 g/mol. The van der Waals surface area contributed by atoms with Crippen molar-refractivity contribution in [2.75, 3.05) is 0 Å². The van der Waals surface area contributed by atoms with Crippen molar-refractivity contribution in [1.82, 2.24) is 0 Å². The fraction of sp³-hybridized carbons (Fsp3) is 0.409. The van der Waals surface area contributed by atoms with Gasteiger partial charge in [0.25, 0.3) is 0 Å². The Bertz CT molecular complexity index is 758. The zero-order valence-corrected chi connectivity index (χ0v) is 15.9. The quantitative estimate of drug-likeness (QED) is 0.784. The Kier molecular flexibility index (Phi) is 6.54. The van der Waals surface area contributed by atoms with E-state index in [-0.39, 0.29) is 24.8 Å². The molecule has 140 valence electrons. The lowest BCUT2D eigenvalue weighted by molar-refractivity contribution is -0.153. The van der Waals surface area contributed by atoms with Crippen LogP contribution < -0.4 is 0 Å². The molecule has 0 aromatic heterocycles. The average molecular weight is 358 g/mol. The van der Waals surface area contributed by atoms with Crippen molar-refractivity contribution in [2.45, 2.75) is 59.2 Å². The van der Waals surface area contributed by atoms with Gasteiger partial charge in [-0.1, -0.05) is 36.4 Å². The Balaban J connectivity index is 1.97. The summed E-state index contributed by atoms with van der Waals surface area (Å²) in [4.78, 5) is 11.9. The number of aliphatic hydroxyl groups excluding tert-OH is 1. The maximum absolute atomic E-state index is 14.4. The third-order valence-corrected chi connectivity index (χ3v) is 4.19. The van der Waals surface area contributed by atoms with Gasteiger partial charge in [-0.2, -0.15) is 0 Å². The molecule has 0 spiro atoms. The molecule has 0 bridgehead atoms. The van der Waals surface area contributed by atoms with Gasteiger partial charge in [0, 0.05) is 5.56 Å². The fourth-order valence-electron chi connectivity index (χ4n) is 2.80. The zero-order valence-electron chi connectivity index (χ0n) is 15.9. The van der Waals surface area contributed by atoms with Gasteiger partial charge in [0.05, 0.1) is 13.0 Å². The first-order chi connectivity index (χ1) is 12.2. The number of carbonyl (C=O) groups is 1. The van der Waals surface area contributed by atoms with Gasteiger partial charge in [-0.3, -0.25) is 4.79 Å². The summed E-state index contributed by atoms with van der Waals surface area (Å²) in [6, 6.07) is 11.3. The predicted molar refractivity (Wildman–Crippen MR) is 100 cm³/mol. The number of rotatable bonds is 6. The molecule has 0 amide bonds. The Hall–Kier alpha value is -2.20. The highest BCUT2D eigenvalue weighted by atomic mass is 19.1. The molecule has 26 heavy (non-hydrogen) atoms. The number of ether oxygens (including phenoxy) is 1. The lowest BCUT2D eigenvalue weighted by Crippen LogP contribution is -2.24. The fourth-order valence-corrected chi connectivity index (χ4v) is 2.80. The van der Waals surface area contributed by atoms with E-state index >= 15 is 0 Å². The third kappa shape index (κ3) is 5.67. The number of hydrogen-bond donors (Lipinski definition) is 1. The number of carbonyl (C=O) groups excluding carboxylic acids is 1. The topological polar surface area (TPSA) is 46.5 Å². The van der Waals surface area contributed by atoms with E-state index in [1.54, 1.807) is 13.0 Å². The van der Waals surface area contributed by atoms with Gasteiger partial charge in [0.2, 0.25) is 0 Å². The molecule has 0 aliphatic heterocycles. The van der Waals surface area contributed by atoms with Crippen LogP contribution in [0.25, 0.3) is 0 Å². The molecule has 0 saturated heterocycles. The molecule has 0 aliphatic rings. The minimum absolute atomic E-state index is 0.240. The van der Waals surface area contributed by atoms with Gasteiger partial charge >= 0.3 is 5.97 Å². The lowest BCUT2D eigenvalue weighted by atomic mass is 9.98. The molecule has 0 atom stereocenters. The molecule has 0 saturated carbocycles. The van der Waals surface area contributed by atoms with Gasteiger partial charge < -0.3 is 9.84 Å². The van der Waals surface area contributed by atoms with E-state index in [0.717, 1.165) is 16.7 Å². The highest BCUT2D eigenvalue weighted by Gasteiger charge is 2.16. The normalized spacial score (nSPS) is 11.5. The SMILES string of the molecule is Cc1ccc(CCc2ccc(CC(=O)OC(C)(C)C)cc2)c(F)c1CO. The van der Waals surface area contributed by atoms with Crippen molar-refractivity contribution in [1.29, 1.82) is 0 Å². The lowest BCUT2D eigenvalue weighted by Gasteiger charge is -2.19. The third-order valence-electron chi connectivity index (χ3n) is 4.19. The maximum atomic E-state index is 14.4. The van der Waals surface area contributed by atoms with Crippen LogP contribution in [0.5, 0.6) is 0 Å². The van der Waals surface area contributed by atoms with Crippen molar-refractivity contribution in [3.63, 3.8) is 0 Å². The number of esters is 1. The smallest absolute Gasteiger partial charge is 0.310 e. The van der Waals surface area contributed by atoms with Crippen LogP contribution in [-0.2, 0) is 35.4 Å². The van der Waals surface area contributed by atoms with Crippen molar-refractivity contribution in [3.8, 4) is 0 Å². The van der Waals surface area contributed by atoms with Gasteiger partial charge in [0.15, 0.2) is 0 Å². The first-order valence-electron chi connectivity index (χ1n) is 8.87. The summed E-state index contributed by atoms with van der Waals surface area (Å²) in [5.41, 5.74) is 3.23. The monoisotopic (exact) mass is 358 g/mol. The molecule has 2 rings (SSSR count). The summed E-state index contributed by atoms with van der Waals surface area (Å²) in [6.07, 6.45) is 1.49. The summed E-state index contributed by atoms with van der Waals surface area (Å²) in [6.45, 7) is 7.05. The largest absolute Gasteiger partial charge is 0.460 e. The van der Waals surface area contributed by atoms with Crippen LogP contribution in [0.1, 0.15) is 48.6 Å². The number of aliphatic hydroxyl groups is 1. The van der Waals surface area contributed by atoms with Gasteiger partial charge in [-0.25, -0.2) is 4.39 Å². The van der Waals surface area contributed by atoms with Crippen molar-refractivity contribution in [2.24, 2.45) is 0 Å². The van der Waals surface area contributed by atoms with Crippen molar-refractivity contribution < 1.29 is 19.0 Å². The molecule has 0 aliphatic carbocycles. The van der Waals surface area contributed by atoms with Crippen LogP contribution in [-0.4, -0.2) is 16.7 Å². The highest BCUT2D eigenvalue weighted by Crippen LogP contribution is 2.19. The molecule has 1 N–H and O–H groups in total. The minimum atomic E-state index is -0.484. The molecule has 0 heterocycles. The second-order valence-electron chi connectivity index (χ2n) is 7.57. The standard InChI is InChI=1S/C22H27FO3/c1-15-5-11-18(21(23)19(15)14-24)12-10-16-6-8-17(9-7-16)13-20(25)26-22(2,3)4/h5-9,11,24H,10,12-14H2,1-4H3. The molecule has 0 unspecified atom stereocenters. The van der Waals surface area contributed by atoms with E-state index in [4.69, 9.17) is 4.74 Å². The maximum Gasteiger partial charge on any atom is 0.310 e. The first kappa shape index (κ1) is 20.1. The van der Waals surface area contributed by atoms with Crippen molar-refractivity contribution >= 4 is 5.97 Å². The van der Waals surface area contributed by atoms with E-state index in [1.807, 2.05) is 51.1 Å².